The van der Waals surface area contributed by atoms with Crippen LogP contribution in [0.4, 0.5) is 5.69 Å². The van der Waals surface area contributed by atoms with Crippen molar-refractivity contribution in [2.45, 2.75) is 12.2 Å². The topological polar surface area (TPSA) is 118 Å². The van der Waals surface area contributed by atoms with Crippen molar-refractivity contribution in [3.05, 3.63) is 27.9 Å². The van der Waals surface area contributed by atoms with Crippen LogP contribution in [0.2, 0.25) is 0 Å². The number of nitro groups is 1. The van der Waals surface area contributed by atoms with Gasteiger partial charge in [0.1, 0.15) is 12.3 Å². The minimum atomic E-state index is -1.32. The van der Waals surface area contributed by atoms with Crippen molar-refractivity contribution < 1.29 is 19.9 Å². The van der Waals surface area contributed by atoms with E-state index in [1.807, 2.05) is 0 Å². The lowest BCUT2D eigenvalue weighted by Crippen LogP contribution is -2.30. The van der Waals surface area contributed by atoms with Crippen LogP contribution >= 0.6 is 0 Å². The molecule has 0 saturated heterocycles. The number of methoxy groups -OCH3 is 1. The first kappa shape index (κ1) is 14.3. The number of hydrogen-bond donors (Lipinski definition) is 3. The second kappa shape index (κ2) is 6.24. The van der Waals surface area contributed by atoms with Gasteiger partial charge in [-0.25, -0.2) is 4.98 Å². The number of nitrogens with zero attached hydrogens (tertiary/aromatic N) is 2. The lowest BCUT2D eigenvalue weighted by molar-refractivity contribution is -0.385. The zero-order chi connectivity index (χ0) is 13.7. The van der Waals surface area contributed by atoms with Crippen LogP contribution < -0.4 is 10.1 Å². The minimum absolute atomic E-state index is 0.0447. The number of likely N-dealkylation sites (N-methyl/N-ethyl adjacent to an activating group) is 1. The number of hydrogen-bond acceptors (Lipinski definition) is 7. The summed E-state index contributed by atoms with van der Waals surface area (Å²) in [6.07, 6.45) is -1.41. The molecule has 100 valence electrons. The second-order valence-corrected chi connectivity index (χ2v) is 3.62. The highest BCUT2D eigenvalue weighted by atomic mass is 16.6. The average molecular weight is 257 g/mol. The van der Waals surface area contributed by atoms with Crippen LogP contribution in [-0.2, 0) is 0 Å². The molecule has 0 radical (unpaired) electrons. The Kier molecular flexibility index (Phi) is 4.95. The van der Waals surface area contributed by atoms with E-state index < -0.39 is 17.1 Å². The summed E-state index contributed by atoms with van der Waals surface area (Å²) in [4.78, 5) is 13.7. The molecule has 8 heteroatoms. The largest absolute Gasteiger partial charge is 0.481 e. The number of ether oxygens (including phenoxy) is 1. The highest BCUT2D eigenvalue weighted by Crippen LogP contribution is 2.28. The Balaban J connectivity index is 3.10. The molecule has 0 aliphatic carbocycles. The van der Waals surface area contributed by atoms with E-state index in [-0.39, 0.29) is 23.7 Å². The van der Waals surface area contributed by atoms with E-state index in [2.05, 4.69) is 10.3 Å². The van der Waals surface area contributed by atoms with Crippen LogP contribution in [0.25, 0.3) is 0 Å². The molecule has 2 unspecified atom stereocenters. The molecule has 0 aliphatic heterocycles. The number of aliphatic hydroxyl groups excluding tert-OH is 2. The van der Waals surface area contributed by atoms with E-state index in [9.17, 15) is 20.3 Å². The van der Waals surface area contributed by atoms with E-state index in [4.69, 9.17) is 4.74 Å². The standard InChI is InChI=1S/C10H15N3O5/c1-11-5-8(14)9(15)7-3-6(13(16)17)4-12-10(7)18-2/h3-4,8-9,11,14-15H,5H2,1-2H3. The minimum Gasteiger partial charge on any atom is -0.481 e. The molecule has 0 bridgehead atoms. The van der Waals surface area contributed by atoms with Gasteiger partial charge in [0, 0.05) is 12.6 Å². The molecule has 8 nitrogen and oxygen atoms in total. The van der Waals surface area contributed by atoms with Crippen molar-refractivity contribution in [3.63, 3.8) is 0 Å². The average Bonchev–Trinajstić information content (AvgIpc) is 2.37. The van der Waals surface area contributed by atoms with Crippen molar-refractivity contribution in [3.8, 4) is 5.88 Å². The Labute approximate surface area is 103 Å². The lowest BCUT2D eigenvalue weighted by atomic mass is 10.1. The molecule has 1 aromatic rings. The van der Waals surface area contributed by atoms with Crippen LogP contribution in [0.15, 0.2) is 12.3 Å². The van der Waals surface area contributed by atoms with Gasteiger partial charge in [0.15, 0.2) is 0 Å². The molecule has 1 heterocycles. The van der Waals surface area contributed by atoms with E-state index in [0.29, 0.717) is 0 Å². The van der Waals surface area contributed by atoms with Crippen molar-refractivity contribution in [2.24, 2.45) is 0 Å². The summed E-state index contributed by atoms with van der Waals surface area (Å²) in [6.45, 7) is 0.132. The number of aliphatic hydroxyl groups is 2. The summed E-state index contributed by atoms with van der Waals surface area (Å²) in [7, 11) is 2.94. The lowest BCUT2D eigenvalue weighted by Gasteiger charge is -2.18. The Morgan fingerprint density at radius 3 is 2.78 bits per heavy atom. The van der Waals surface area contributed by atoms with Gasteiger partial charge >= 0.3 is 0 Å². The summed E-state index contributed by atoms with van der Waals surface area (Å²) < 4.78 is 4.90. The van der Waals surface area contributed by atoms with Crippen LogP contribution in [0, 0.1) is 10.1 Å². The first-order chi connectivity index (χ1) is 8.51. The first-order valence-electron chi connectivity index (χ1n) is 5.20. The van der Waals surface area contributed by atoms with Crippen molar-refractivity contribution in [1.29, 1.82) is 0 Å². The summed E-state index contributed by atoms with van der Waals surface area (Å²) in [5, 5.41) is 32.9. The van der Waals surface area contributed by atoms with Crippen molar-refractivity contribution in [1.82, 2.24) is 10.3 Å². The quantitative estimate of drug-likeness (QED) is 0.469. The Hall–Kier alpha value is -1.77. The van der Waals surface area contributed by atoms with Crippen LogP contribution in [0.5, 0.6) is 5.88 Å². The normalized spacial score (nSPS) is 14.0. The number of aromatic nitrogens is 1. The number of pyridine rings is 1. The molecule has 1 aromatic heterocycles. The van der Waals surface area contributed by atoms with E-state index >= 15 is 0 Å². The number of nitrogens with one attached hydrogen (secondary N) is 1. The smallest absolute Gasteiger partial charge is 0.288 e. The molecule has 1 rings (SSSR count). The third-order valence-electron chi connectivity index (χ3n) is 2.36. The third-order valence-corrected chi connectivity index (χ3v) is 2.36. The van der Waals surface area contributed by atoms with Gasteiger partial charge in [0.05, 0.1) is 23.7 Å². The van der Waals surface area contributed by atoms with Crippen molar-refractivity contribution >= 4 is 5.69 Å². The summed E-state index contributed by atoms with van der Waals surface area (Å²) >= 11 is 0. The molecular weight excluding hydrogens is 242 g/mol. The Bertz CT molecular complexity index is 426. The van der Waals surface area contributed by atoms with E-state index in [1.54, 1.807) is 7.05 Å². The summed E-state index contributed by atoms with van der Waals surface area (Å²) in [5.74, 6) is 0.0447. The van der Waals surface area contributed by atoms with E-state index in [0.717, 1.165) is 12.3 Å². The zero-order valence-corrected chi connectivity index (χ0v) is 10.0. The van der Waals surface area contributed by atoms with Gasteiger partial charge in [0.2, 0.25) is 5.88 Å². The highest BCUT2D eigenvalue weighted by molar-refractivity contribution is 5.39. The summed E-state index contributed by atoms with van der Waals surface area (Å²) in [5.41, 5.74) is -0.198. The second-order valence-electron chi connectivity index (χ2n) is 3.62. The molecule has 0 amide bonds. The SMILES string of the molecule is CNCC(O)C(O)c1cc([N+](=O)[O-])cnc1OC. The molecule has 18 heavy (non-hydrogen) atoms. The van der Waals surface area contributed by atoms with Crippen LogP contribution in [-0.4, -0.2) is 46.9 Å². The molecular formula is C10H15N3O5. The fourth-order valence-electron chi connectivity index (χ4n) is 1.47. The van der Waals surface area contributed by atoms with Gasteiger partial charge in [-0.3, -0.25) is 10.1 Å². The third kappa shape index (κ3) is 3.13. The number of rotatable bonds is 6. The van der Waals surface area contributed by atoms with Gasteiger partial charge in [-0.15, -0.1) is 0 Å². The van der Waals surface area contributed by atoms with Crippen LogP contribution in [0.3, 0.4) is 0 Å². The predicted molar refractivity (Wildman–Crippen MR) is 62.3 cm³/mol. The predicted octanol–water partition coefficient (Wildman–Crippen LogP) is -0.388. The maximum atomic E-state index is 10.6. The summed E-state index contributed by atoms with van der Waals surface area (Å²) in [6, 6.07) is 1.13. The maximum Gasteiger partial charge on any atom is 0.288 e. The molecule has 0 spiro atoms. The monoisotopic (exact) mass is 257 g/mol. The van der Waals surface area contributed by atoms with Gasteiger partial charge in [-0.1, -0.05) is 0 Å². The Morgan fingerprint density at radius 2 is 2.28 bits per heavy atom. The van der Waals surface area contributed by atoms with Gasteiger partial charge in [-0.2, -0.15) is 0 Å². The van der Waals surface area contributed by atoms with Gasteiger partial charge < -0.3 is 20.3 Å². The highest BCUT2D eigenvalue weighted by Gasteiger charge is 2.24. The van der Waals surface area contributed by atoms with Crippen LogP contribution in [0.1, 0.15) is 11.7 Å². The van der Waals surface area contributed by atoms with Gasteiger partial charge in [0.25, 0.3) is 5.69 Å². The van der Waals surface area contributed by atoms with E-state index in [1.165, 1.54) is 7.11 Å². The van der Waals surface area contributed by atoms with Crippen molar-refractivity contribution in [2.75, 3.05) is 20.7 Å². The Morgan fingerprint density at radius 1 is 1.61 bits per heavy atom. The molecule has 3 N–H and O–H groups in total. The van der Waals surface area contributed by atoms with Gasteiger partial charge in [-0.05, 0) is 7.05 Å². The molecule has 0 saturated carbocycles. The first-order valence-corrected chi connectivity index (χ1v) is 5.20. The molecule has 0 aromatic carbocycles. The molecule has 2 atom stereocenters. The zero-order valence-electron chi connectivity index (χ0n) is 10.0. The molecule has 0 aliphatic rings. The fraction of sp³-hybridized carbons (Fsp3) is 0.500. The molecule has 0 fully saturated rings. The maximum absolute atomic E-state index is 10.6. The fourth-order valence-corrected chi connectivity index (χ4v) is 1.47.